The maximum atomic E-state index is 13.4. The van der Waals surface area contributed by atoms with Gasteiger partial charge in [0.25, 0.3) is 5.91 Å². The highest BCUT2D eigenvalue weighted by Crippen LogP contribution is 2.53. The molecule has 45 heavy (non-hydrogen) atoms. The van der Waals surface area contributed by atoms with E-state index in [0.717, 1.165) is 94.0 Å². The van der Waals surface area contributed by atoms with Crippen molar-refractivity contribution in [2.75, 3.05) is 69.0 Å². The first kappa shape index (κ1) is 30.4. The van der Waals surface area contributed by atoms with Crippen LogP contribution in [0.15, 0.2) is 36.4 Å². The van der Waals surface area contributed by atoms with Crippen LogP contribution >= 0.6 is 0 Å². The molecule has 9 heteroatoms. The fourth-order valence-corrected chi connectivity index (χ4v) is 8.26. The molecule has 3 aliphatic carbocycles. The Hall–Kier alpha value is -3.30. The van der Waals surface area contributed by atoms with Crippen LogP contribution in [-0.4, -0.2) is 93.7 Å². The van der Waals surface area contributed by atoms with E-state index in [9.17, 15) is 9.59 Å². The lowest BCUT2D eigenvalue weighted by molar-refractivity contribution is -0.122. The summed E-state index contributed by atoms with van der Waals surface area (Å²) in [6.45, 7) is 5.41. The molecule has 0 radical (unpaired) electrons. The Kier molecular flexibility index (Phi) is 8.42. The number of piperazine rings is 1. The number of nitrogens with zero attached hydrogens (tertiary/aromatic N) is 4. The van der Waals surface area contributed by atoms with Gasteiger partial charge in [0.15, 0.2) is 0 Å². The summed E-state index contributed by atoms with van der Waals surface area (Å²) >= 11 is 0. The molecule has 3 saturated carbocycles. The van der Waals surface area contributed by atoms with E-state index >= 15 is 0 Å². The van der Waals surface area contributed by atoms with Crippen LogP contribution in [0.5, 0.6) is 5.75 Å². The fraction of sp³-hybridized carbons (Fsp3) is 0.611. The van der Waals surface area contributed by atoms with Gasteiger partial charge in [-0.3, -0.25) is 14.5 Å². The van der Waals surface area contributed by atoms with Crippen LogP contribution in [0.1, 0.15) is 74.6 Å². The van der Waals surface area contributed by atoms with Crippen molar-refractivity contribution < 1.29 is 14.3 Å². The standard InChI is InChI=1S/C36H50N6O3/c1-39-18-20-41(21-19-39)28-12-9-26(10-13-28)38-34(43)25-8-14-30(33(22-25)45-3)37-27-11-15-31-32(23-27)42(29-6-4-5-7-29)24-36(16-17-36)35(44)40(31)2/h8,11,14-15,22-23,26,28-29,37H,4-7,9-10,12-13,16-21,24H2,1-3H3,(H,38,43). The molecule has 9 nitrogen and oxygen atoms in total. The number of carbonyl (C=O) groups excluding carboxylic acids is 2. The van der Waals surface area contributed by atoms with Gasteiger partial charge in [-0.25, -0.2) is 0 Å². The predicted octanol–water partition coefficient (Wildman–Crippen LogP) is 5.23. The second-order valence-electron chi connectivity index (χ2n) is 14.3. The van der Waals surface area contributed by atoms with Gasteiger partial charge in [-0.05, 0) is 94.8 Å². The number of amides is 2. The summed E-state index contributed by atoms with van der Waals surface area (Å²) in [6, 6.07) is 13.3. The zero-order valence-corrected chi connectivity index (χ0v) is 27.3. The lowest BCUT2D eigenvalue weighted by Gasteiger charge is -2.41. The van der Waals surface area contributed by atoms with Crippen molar-refractivity contribution in [1.29, 1.82) is 0 Å². The van der Waals surface area contributed by atoms with Crippen molar-refractivity contribution in [3.63, 3.8) is 0 Å². The van der Waals surface area contributed by atoms with Crippen molar-refractivity contribution in [3.05, 3.63) is 42.0 Å². The molecule has 2 aromatic rings. The van der Waals surface area contributed by atoms with Crippen LogP contribution in [-0.2, 0) is 4.79 Å². The number of fused-ring (bicyclic) bond motifs is 1. The Morgan fingerprint density at radius 2 is 1.60 bits per heavy atom. The molecule has 2 amide bonds. The van der Waals surface area contributed by atoms with Crippen LogP contribution in [0.2, 0.25) is 0 Å². The van der Waals surface area contributed by atoms with Gasteiger partial charge in [-0.15, -0.1) is 0 Å². The molecule has 7 rings (SSSR count). The first-order chi connectivity index (χ1) is 21.8. The number of carbonyl (C=O) groups is 2. The molecular formula is C36H50N6O3. The summed E-state index contributed by atoms with van der Waals surface area (Å²) < 4.78 is 5.77. The molecule has 2 N–H and O–H groups in total. The molecule has 5 aliphatic rings. The molecule has 2 aromatic carbocycles. The first-order valence-corrected chi connectivity index (χ1v) is 17.2. The van der Waals surface area contributed by atoms with Crippen molar-refractivity contribution in [2.45, 2.75) is 82.3 Å². The van der Waals surface area contributed by atoms with E-state index in [0.29, 0.717) is 23.4 Å². The van der Waals surface area contributed by atoms with Crippen LogP contribution in [0.4, 0.5) is 22.7 Å². The van der Waals surface area contributed by atoms with E-state index in [1.165, 1.54) is 25.7 Å². The molecule has 2 aliphatic heterocycles. The number of hydrogen-bond donors (Lipinski definition) is 2. The number of anilines is 4. The summed E-state index contributed by atoms with van der Waals surface area (Å²) in [5.41, 5.74) is 4.25. The zero-order valence-electron chi connectivity index (χ0n) is 27.3. The maximum absolute atomic E-state index is 13.4. The highest BCUT2D eigenvalue weighted by Gasteiger charge is 2.55. The highest BCUT2D eigenvalue weighted by atomic mass is 16.5. The monoisotopic (exact) mass is 614 g/mol. The lowest BCUT2D eigenvalue weighted by atomic mass is 9.89. The highest BCUT2D eigenvalue weighted by molar-refractivity contribution is 6.04. The summed E-state index contributed by atoms with van der Waals surface area (Å²) in [7, 11) is 5.78. The van der Waals surface area contributed by atoms with E-state index in [1.54, 1.807) is 7.11 Å². The van der Waals surface area contributed by atoms with E-state index in [-0.39, 0.29) is 23.3 Å². The molecule has 2 heterocycles. The van der Waals surface area contributed by atoms with Crippen molar-refractivity contribution in [3.8, 4) is 5.75 Å². The second kappa shape index (κ2) is 12.5. The average Bonchev–Trinajstić information content (AvgIpc) is 3.67. The van der Waals surface area contributed by atoms with Crippen molar-refractivity contribution in [2.24, 2.45) is 5.41 Å². The number of rotatable bonds is 7. The summed E-state index contributed by atoms with van der Waals surface area (Å²) in [6.07, 6.45) is 11.2. The molecule has 1 spiro atoms. The van der Waals surface area contributed by atoms with Crippen LogP contribution in [0, 0.1) is 5.41 Å². The third-order valence-corrected chi connectivity index (χ3v) is 11.3. The average molecular weight is 615 g/mol. The van der Waals surface area contributed by atoms with Gasteiger partial charge in [-0.2, -0.15) is 0 Å². The first-order valence-electron chi connectivity index (χ1n) is 17.2. The van der Waals surface area contributed by atoms with Crippen LogP contribution < -0.4 is 25.2 Å². The largest absolute Gasteiger partial charge is 0.495 e. The van der Waals surface area contributed by atoms with E-state index in [4.69, 9.17) is 4.74 Å². The number of hydrogen-bond acceptors (Lipinski definition) is 7. The van der Waals surface area contributed by atoms with Crippen LogP contribution in [0.3, 0.4) is 0 Å². The number of methoxy groups -OCH3 is 1. The molecule has 0 unspecified atom stereocenters. The Morgan fingerprint density at radius 3 is 2.29 bits per heavy atom. The molecule has 1 saturated heterocycles. The van der Waals surface area contributed by atoms with Gasteiger partial charge in [0.05, 0.1) is 29.6 Å². The molecule has 0 bridgehead atoms. The zero-order chi connectivity index (χ0) is 31.1. The quantitative estimate of drug-likeness (QED) is 0.442. The van der Waals surface area contributed by atoms with Crippen LogP contribution in [0.25, 0.3) is 0 Å². The third kappa shape index (κ3) is 6.13. The second-order valence-corrected chi connectivity index (χ2v) is 14.3. The Bertz CT molecular complexity index is 1400. The molecular weight excluding hydrogens is 564 g/mol. The Morgan fingerprint density at radius 1 is 0.867 bits per heavy atom. The van der Waals surface area contributed by atoms with Gasteiger partial charge >= 0.3 is 0 Å². The summed E-state index contributed by atoms with van der Waals surface area (Å²) in [5, 5.41) is 6.86. The third-order valence-electron chi connectivity index (χ3n) is 11.3. The minimum absolute atomic E-state index is 0.0400. The van der Waals surface area contributed by atoms with Gasteiger partial charge in [0, 0.05) is 69.1 Å². The molecule has 4 fully saturated rings. The van der Waals surface area contributed by atoms with Gasteiger partial charge < -0.3 is 30.1 Å². The normalized spacial score (nSPS) is 25.6. The maximum Gasteiger partial charge on any atom is 0.251 e. The Balaban J connectivity index is 1.03. The number of likely N-dealkylation sites (N-methyl/N-ethyl adjacent to an activating group) is 1. The van der Waals surface area contributed by atoms with Crippen molar-refractivity contribution >= 4 is 34.6 Å². The van der Waals surface area contributed by atoms with E-state index in [2.05, 4.69) is 44.5 Å². The minimum Gasteiger partial charge on any atom is -0.495 e. The van der Waals surface area contributed by atoms with Gasteiger partial charge in [0.2, 0.25) is 5.91 Å². The number of benzene rings is 2. The minimum atomic E-state index is -0.229. The van der Waals surface area contributed by atoms with E-state index in [1.807, 2.05) is 36.2 Å². The Labute approximate surface area is 268 Å². The molecule has 0 atom stereocenters. The molecule has 0 aromatic heterocycles. The topological polar surface area (TPSA) is 80.4 Å². The fourth-order valence-electron chi connectivity index (χ4n) is 8.26. The molecule has 242 valence electrons. The van der Waals surface area contributed by atoms with Gasteiger partial charge in [-0.1, -0.05) is 12.8 Å². The predicted molar refractivity (Wildman–Crippen MR) is 180 cm³/mol. The SMILES string of the molecule is COc1cc(C(=O)NC2CCC(N3CCN(C)CC3)CC2)ccc1Nc1ccc2c(c1)N(C1CCCC1)CC1(CC1)C(=O)N2C. The van der Waals surface area contributed by atoms with Gasteiger partial charge in [0.1, 0.15) is 5.75 Å². The number of nitrogens with one attached hydrogen (secondary N) is 2. The van der Waals surface area contributed by atoms with E-state index < -0.39 is 0 Å². The smallest absolute Gasteiger partial charge is 0.251 e. The summed E-state index contributed by atoms with van der Waals surface area (Å²) in [5.74, 6) is 0.846. The van der Waals surface area contributed by atoms with Crippen molar-refractivity contribution in [1.82, 2.24) is 15.1 Å². The summed E-state index contributed by atoms with van der Waals surface area (Å²) in [4.78, 5) is 36.2. The lowest BCUT2D eigenvalue weighted by Crippen LogP contribution is -2.51. The number of ether oxygens (including phenoxy) is 1.